The van der Waals surface area contributed by atoms with Gasteiger partial charge in [0.25, 0.3) is 0 Å². The Hall–Kier alpha value is -0.770. The number of benzene rings is 1. The number of aliphatic hydroxyl groups is 1. The molecule has 0 radical (unpaired) electrons. The predicted molar refractivity (Wildman–Crippen MR) is 56.8 cm³/mol. The largest absolute Gasteiger partial charge is 0.496 e. The van der Waals surface area contributed by atoms with Crippen molar-refractivity contribution in [3.05, 3.63) is 28.3 Å². The van der Waals surface area contributed by atoms with E-state index >= 15 is 0 Å². The molecule has 0 aliphatic carbocycles. The fourth-order valence-electron chi connectivity index (χ4n) is 1.27. The average molecular weight is 216 g/mol. The highest BCUT2D eigenvalue weighted by Gasteiger charge is 2.12. The van der Waals surface area contributed by atoms with Crippen molar-refractivity contribution in [2.24, 2.45) is 5.73 Å². The van der Waals surface area contributed by atoms with Crippen molar-refractivity contribution in [1.82, 2.24) is 0 Å². The molecule has 0 aliphatic rings. The number of hydrogen-bond donors (Lipinski definition) is 2. The molecule has 0 heterocycles. The van der Waals surface area contributed by atoms with E-state index < -0.39 is 6.04 Å². The maximum atomic E-state index is 8.92. The Balaban J connectivity index is 3.17. The van der Waals surface area contributed by atoms with Crippen molar-refractivity contribution in [2.75, 3.05) is 13.7 Å². The molecule has 1 unspecified atom stereocenters. The zero-order chi connectivity index (χ0) is 10.7. The lowest BCUT2D eigenvalue weighted by molar-refractivity contribution is 0.267. The van der Waals surface area contributed by atoms with Gasteiger partial charge in [0, 0.05) is 5.02 Å². The third-order valence-electron chi connectivity index (χ3n) is 2.11. The quantitative estimate of drug-likeness (QED) is 0.806. The molecule has 3 N–H and O–H groups in total. The standard InChI is InChI=1S/C10H14ClNO2/c1-6-3-8(11)7(9(12)5-13)4-10(6)14-2/h3-4,9,13H,5,12H2,1-2H3. The summed E-state index contributed by atoms with van der Waals surface area (Å²) >= 11 is 5.99. The molecular weight excluding hydrogens is 202 g/mol. The van der Waals surface area contributed by atoms with Gasteiger partial charge in [-0.1, -0.05) is 11.6 Å². The monoisotopic (exact) mass is 215 g/mol. The molecule has 14 heavy (non-hydrogen) atoms. The van der Waals surface area contributed by atoms with Gasteiger partial charge in [-0.3, -0.25) is 0 Å². The highest BCUT2D eigenvalue weighted by Crippen LogP contribution is 2.29. The van der Waals surface area contributed by atoms with Gasteiger partial charge in [0.05, 0.1) is 19.8 Å². The molecule has 78 valence electrons. The van der Waals surface area contributed by atoms with Gasteiger partial charge in [0.15, 0.2) is 0 Å². The Bertz CT molecular complexity index is 328. The number of methoxy groups -OCH3 is 1. The van der Waals surface area contributed by atoms with Gasteiger partial charge < -0.3 is 15.6 Å². The summed E-state index contributed by atoms with van der Waals surface area (Å²) in [7, 11) is 1.59. The van der Waals surface area contributed by atoms with E-state index in [4.69, 9.17) is 27.2 Å². The van der Waals surface area contributed by atoms with Gasteiger partial charge in [-0.05, 0) is 30.2 Å². The van der Waals surface area contributed by atoms with Crippen LogP contribution in [0.5, 0.6) is 5.75 Å². The van der Waals surface area contributed by atoms with Crippen molar-refractivity contribution < 1.29 is 9.84 Å². The minimum Gasteiger partial charge on any atom is -0.496 e. The normalized spacial score (nSPS) is 12.6. The van der Waals surface area contributed by atoms with E-state index in [0.717, 1.165) is 11.3 Å². The number of rotatable bonds is 3. The van der Waals surface area contributed by atoms with Crippen LogP contribution in [-0.4, -0.2) is 18.8 Å². The van der Waals surface area contributed by atoms with Crippen LogP contribution in [0.2, 0.25) is 5.02 Å². The van der Waals surface area contributed by atoms with Crippen LogP contribution < -0.4 is 10.5 Å². The zero-order valence-corrected chi connectivity index (χ0v) is 9.01. The van der Waals surface area contributed by atoms with E-state index in [2.05, 4.69) is 0 Å². The molecule has 1 aromatic rings. The Morgan fingerprint density at radius 1 is 1.57 bits per heavy atom. The first-order valence-electron chi connectivity index (χ1n) is 4.30. The fraction of sp³-hybridized carbons (Fsp3) is 0.400. The topological polar surface area (TPSA) is 55.5 Å². The zero-order valence-electron chi connectivity index (χ0n) is 8.25. The average Bonchev–Trinajstić information content (AvgIpc) is 2.17. The Kier molecular flexibility index (Phi) is 3.75. The lowest BCUT2D eigenvalue weighted by Gasteiger charge is -2.14. The molecule has 1 aromatic carbocycles. The highest BCUT2D eigenvalue weighted by molar-refractivity contribution is 6.31. The number of halogens is 1. The third-order valence-corrected chi connectivity index (χ3v) is 2.44. The first kappa shape index (κ1) is 11.3. The summed E-state index contributed by atoms with van der Waals surface area (Å²) in [4.78, 5) is 0. The molecule has 3 nitrogen and oxygen atoms in total. The lowest BCUT2D eigenvalue weighted by atomic mass is 10.1. The maximum absolute atomic E-state index is 8.92. The van der Waals surface area contributed by atoms with Crippen LogP contribution >= 0.6 is 11.6 Å². The molecule has 0 saturated heterocycles. The molecule has 0 saturated carbocycles. The van der Waals surface area contributed by atoms with Crippen molar-refractivity contribution in [3.63, 3.8) is 0 Å². The molecule has 0 bridgehead atoms. The van der Waals surface area contributed by atoms with Crippen molar-refractivity contribution in [2.45, 2.75) is 13.0 Å². The van der Waals surface area contributed by atoms with E-state index in [1.54, 1.807) is 19.2 Å². The summed E-state index contributed by atoms with van der Waals surface area (Å²) < 4.78 is 5.14. The van der Waals surface area contributed by atoms with Crippen molar-refractivity contribution in [1.29, 1.82) is 0 Å². The van der Waals surface area contributed by atoms with Crippen LogP contribution in [0.25, 0.3) is 0 Å². The highest BCUT2D eigenvalue weighted by atomic mass is 35.5. The summed E-state index contributed by atoms with van der Waals surface area (Å²) in [6, 6.07) is 3.08. The number of ether oxygens (including phenoxy) is 1. The molecule has 0 aliphatic heterocycles. The van der Waals surface area contributed by atoms with E-state index in [1.165, 1.54) is 0 Å². The minimum absolute atomic E-state index is 0.133. The van der Waals surface area contributed by atoms with Crippen LogP contribution in [0.4, 0.5) is 0 Å². The molecule has 0 aromatic heterocycles. The molecule has 0 amide bonds. The number of aryl methyl sites for hydroxylation is 1. The number of hydrogen-bond acceptors (Lipinski definition) is 3. The van der Waals surface area contributed by atoms with Crippen LogP contribution in [-0.2, 0) is 0 Å². The summed E-state index contributed by atoms with van der Waals surface area (Å²) in [6.45, 7) is 1.77. The van der Waals surface area contributed by atoms with E-state index in [9.17, 15) is 0 Å². The first-order valence-corrected chi connectivity index (χ1v) is 4.68. The Labute approximate surface area is 88.4 Å². The molecule has 0 fully saturated rings. The molecule has 4 heteroatoms. The maximum Gasteiger partial charge on any atom is 0.122 e. The second kappa shape index (κ2) is 4.64. The minimum atomic E-state index is -0.461. The Morgan fingerprint density at radius 2 is 2.21 bits per heavy atom. The summed E-state index contributed by atoms with van der Waals surface area (Å²) in [6.07, 6.45) is 0. The summed E-state index contributed by atoms with van der Waals surface area (Å²) in [5.41, 5.74) is 7.33. The summed E-state index contributed by atoms with van der Waals surface area (Å²) in [5, 5.41) is 9.48. The van der Waals surface area contributed by atoms with E-state index in [-0.39, 0.29) is 6.61 Å². The second-order valence-electron chi connectivity index (χ2n) is 3.13. The molecule has 0 spiro atoms. The molecule has 1 rings (SSSR count). The van der Waals surface area contributed by atoms with E-state index in [1.807, 2.05) is 6.92 Å². The smallest absolute Gasteiger partial charge is 0.122 e. The SMILES string of the molecule is COc1cc(C(N)CO)c(Cl)cc1C. The second-order valence-corrected chi connectivity index (χ2v) is 3.54. The predicted octanol–water partition coefficient (Wildman–Crippen LogP) is 1.65. The summed E-state index contributed by atoms with van der Waals surface area (Å²) in [5.74, 6) is 0.730. The van der Waals surface area contributed by atoms with Gasteiger partial charge in [-0.25, -0.2) is 0 Å². The fourth-order valence-corrected chi connectivity index (χ4v) is 1.63. The van der Waals surface area contributed by atoms with Gasteiger partial charge in [0.1, 0.15) is 5.75 Å². The van der Waals surface area contributed by atoms with Gasteiger partial charge in [0.2, 0.25) is 0 Å². The van der Waals surface area contributed by atoms with Gasteiger partial charge in [-0.2, -0.15) is 0 Å². The van der Waals surface area contributed by atoms with Gasteiger partial charge >= 0.3 is 0 Å². The van der Waals surface area contributed by atoms with Crippen LogP contribution in [0.1, 0.15) is 17.2 Å². The van der Waals surface area contributed by atoms with Crippen LogP contribution in [0.3, 0.4) is 0 Å². The third kappa shape index (κ3) is 2.18. The van der Waals surface area contributed by atoms with Crippen molar-refractivity contribution in [3.8, 4) is 5.75 Å². The number of nitrogens with two attached hydrogens (primary N) is 1. The van der Waals surface area contributed by atoms with Gasteiger partial charge in [-0.15, -0.1) is 0 Å². The van der Waals surface area contributed by atoms with E-state index in [0.29, 0.717) is 10.6 Å². The van der Waals surface area contributed by atoms with Crippen molar-refractivity contribution >= 4 is 11.6 Å². The number of aliphatic hydroxyl groups excluding tert-OH is 1. The first-order chi connectivity index (χ1) is 6.60. The lowest BCUT2D eigenvalue weighted by Crippen LogP contribution is -2.15. The molecular formula is C10H14ClNO2. The van der Waals surface area contributed by atoms with Crippen LogP contribution in [0, 0.1) is 6.92 Å². The Morgan fingerprint density at radius 3 is 2.71 bits per heavy atom. The molecule has 1 atom stereocenters. The van der Waals surface area contributed by atoms with Crippen LogP contribution in [0.15, 0.2) is 12.1 Å².